The molecule has 0 fully saturated rings. The predicted octanol–water partition coefficient (Wildman–Crippen LogP) is 3.95. The fourth-order valence-corrected chi connectivity index (χ4v) is 4.51. The zero-order valence-electron chi connectivity index (χ0n) is 16.8. The SMILES string of the molecule is COCOc1c(Cc2ccccc2)cccc1Pc1ccccc1CN(C)C. The van der Waals surface area contributed by atoms with Crippen LogP contribution < -0.4 is 15.3 Å². The fraction of sp³-hybridized carbons (Fsp3) is 0.250. The van der Waals surface area contributed by atoms with E-state index in [1.807, 2.05) is 6.07 Å². The summed E-state index contributed by atoms with van der Waals surface area (Å²) in [6.45, 7) is 1.18. The second kappa shape index (κ2) is 10.4. The van der Waals surface area contributed by atoms with Crippen molar-refractivity contribution in [2.45, 2.75) is 13.0 Å². The van der Waals surface area contributed by atoms with Gasteiger partial charge in [0, 0.05) is 25.4 Å². The molecule has 1 unspecified atom stereocenters. The smallest absolute Gasteiger partial charge is 0.188 e. The van der Waals surface area contributed by atoms with E-state index in [1.165, 1.54) is 27.3 Å². The van der Waals surface area contributed by atoms with Gasteiger partial charge in [-0.3, -0.25) is 0 Å². The van der Waals surface area contributed by atoms with E-state index in [1.54, 1.807) is 7.11 Å². The Balaban J connectivity index is 1.93. The van der Waals surface area contributed by atoms with Gasteiger partial charge in [0.05, 0.1) is 0 Å². The normalized spacial score (nSPS) is 11.4. The second-order valence-electron chi connectivity index (χ2n) is 7.03. The van der Waals surface area contributed by atoms with Gasteiger partial charge in [-0.15, -0.1) is 0 Å². The number of hydrogen-bond donors (Lipinski definition) is 0. The highest BCUT2D eigenvalue weighted by Gasteiger charge is 2.13. The van der Waals surface area contributed by atoms with Crippen molar-refractivity contribution in [3.8, 4) is 5.75 Å². The zero-order valence-corrected chi connectivity index (χ0v) is 17.8. The number of rotatable bonds is 9. The number of ether oxygens (including phenoxy) is 2. The molecule has 0 heterocycles. The quantitative estimate of drug-likeness (QED) is 0.406. The summed E-state index contributed by atoms with van der Waals surface area (Å²) in [6, 6.07) is 25.6. The molecular weight excluding hydrogens is 365 g/mol. The van der Waals surface area contributed by atoms with Crippen LogP contribution in [0.25, 0.3) is 0 Å². The van der Waals surface area contributed by atoms with Crippen molar-refractivity contribution in [1.82, 2.24) is 4.90 Å². The number of para-hydroxylation sites is 1. The molecule has 146 valence electrons. The van der Waals surface area contributed by atoms with Crippen LogP contribution in [-0.2, 0) is 17.7 Å². The van der Waals surface area contributed by atoms with Crippen LogP contribution in [0.1, 0.15) is 16.7 Å². The Labute approximate surface area is 170 Å². The molecule has 4 heteroatoms. The van der Waals surface area contributed by atoms with Gasteiger partial charge in [0.1, 0.15) is 5.75 Å². The van der Waals surface area contributed by atoms with Crippen LogP contribution in [0.4, 0.5) is 0 Å². The van der Waals surface area contributed by atoms with Gasteiger partial charge in [0.15, 0.2) is 6.79 Å². The summed E-state index contributed by atoms with van der Waals surface area (Å²) in [5.74, 6) is 0.950. The molecule has 28 heavy (non-hydrogen) atoms. The molecule has 0 radical (unpaired) electrons. The van der Waals surface area contributed by atoms with Crippen molar-refractivity contribution < 1.29 is 9.47 Å². The van der Waals surface area contributed by atoms with Crippen LogP contribution in [0.3, 0.4) is 0 Å². The van der Waals surface area contributed by atoms with Crippen LogP contribution >= 0.6 is 8.58 Å². The summed E-state index contributed by atoms with van der Waals surface area (Å²) in [6.07, 6.45) is 0.845. The minimum atomic E-state index is 0.253. The van der Waals surface area contributed by atoms with Gasteiger partial charge >= 0.3 is 0 Å². The molecule has 0 saturated carbocycles. The Morgan fingerprint density at radius 2 is 1.46 bits per heavy atom. The monoisotopic (exact) mass is 393 g/mol. The molecule has 0 aliphatic rings. The first-order valence-corrected chi connectivity index (χ1v) is 10.4. The van der Waals surface area contributed by atoms with Crippen LogP contribution in [-0.4, -0.2) is 32.9 Å². The summed E-state index contributed by atoms with van der Waals surface area (Å²) in [5.41, 5.74) is 3.83. The first kappa shape index (κ1) is 20.5. The van der Waals surface area contributed by atoms with Crippen molar-refractivity contribution >= 4 is 19.2 Å². The van der Waals surface area contributed by atoms with Gasteiger partial charge in [-0.1, -0.05) is 81.4 Å². The van der Waals surface area contributed by atoms with E-state index in [0.29, 0.717) is 8.58 Å². The number of benzene rings is 3. The molecule has 0 bridgehead atoms. The number of methoxy groups -OCH3 is 1. The lowest BCUT2D eigenvalue weighted by molar-refractivity contribution is 0.0513. The van der Waals surface area contributed by atoms with Crippen molar-refractivity contribution in [1.29, 1.82) is 0 Å². The van der Waals surface area contributed by atoms with E-state index < -0.39 is 0 Å². The van der Waals surface area contributed by atoms with Crippen molar-refractivity contribution in [3.63, 3.8) is 0 Å². The van der Waals surface area contributed by atoms with Crippen LogP contribution in [0.15, 0.2) is 72.8 Å². The molecule has 0 spiro atoms. The minimum Gasteiger partial charge on any atom is -0.467 e. The maximum absolute atomic E-state index is 6.06. The molecule has 0 aromatic heterocycles. The Kier molecular flexibility index (Phi) is 7.62. The van der Waals surface area contributed by atoms with E-state index in [4.69, 9.17) is 9.47 Å². The molecule has 0 N–H and O–H groups in total. The summed E-state index contributed by atoms with van der Waals surface area (Å²) in [4.78, 5) is 2.21. The minimum absolute atomic E-state index is 0.253. The first-order valence-electron chi connectivity index (χ1n) is 9.44. The van der Waals surface area contributed by atoms with Gasteiger partial charge < -0.3 is 14.4 Å². The molecule has 0 aliphatic carbocycles. The maximum Gasteiger partial charge on any atom is 0.188 e. The van der Waals surface area contributed by atoms with E-state index in [9.17, 15) is 0 Å². The van der Waals surface area contributed by atoms with Crippen LogP contribution in [0, 0.1) is 0 Å². The van der Waals surface area contributed by atoms with E-state index in [0.717, 1.165) is 18.7 Å². The summed E-state index contributed by atoms with van der Waals surface area (Å²) in [7, 11) is 6.41. The Bertz CT molecular complexity index is 881. The topological polar surface area (TPSA) is 21.7 Å². The second-order valence-corrected chi connectivity index (χ2v) is 8.35. The third-order valence-corrected chi connectivity index (χ3v) is 5.85. The summed E-state index contributed by atoms with van der Waals surface area (Å²) < 4.78 is 11.3. The highest BCUT2D eigenvalue weighted by molar-refractivity contribution is 7.55. The number of hydrogen-bond acceptors (Lipinski definition) is 3. The maximum atomic E-state index is 6.06. The Hall–Kier alpha value is -2.19. The lowest BCUT2D eigenvalue weighted by atomic mass is 10.0. The van der Waals surface area contributed by atoms with Crippen molar-refractivity contribution in [2.24, 2.45) is 0 Å². The van der Waals surface area contributed by atoms with E-state index >= 15 is 0 Å². The first-order chi connectivity index (χ1) is 13.7. The van der Waals surface area contributed by atoms with Crippen molar-refractivity contribution in [2.75, 3.05) is 28.0 Å². The molecular formula is C24H28NO2P. The molecule has 3 aromatic rings. The van der Waals surface area contributed by atoms with Gasteiger partial charge in [-0.25, -0.2) is 0 Å². The van der Waals surface area contributed by atoms with E-state index in [-0.39, 0.29) is 6.79 Å². The standard InChI is InChI=1S/C24H28NO2P/c1-25(2)17-21-12-7-8-14-22(21)28-23-15-9-13-20(24(23)27-18-26-3)16-19-10-5-4-6-11-19/h4-15,28H,16-18H2,1-3H3. The summed E-state index contributed by atoms with van der Waals surface area (Å²) >= 11 is 0. The third kappa shape index (κ3) is 5.65. The van der Waals surface area contributed by atoms with Gasteiger partial charge in [0.2, 0.25) is 0 Å². The lowest BCUT2D eigenvalue weighted by Gasteiger charge is -2.18. The number of nitrogens with zero attached hydrogens (tertiary/aromatic N) is 1. The van der Waals surface area contributed by atoms with Gasteiger partial charge in [-0.05, 0) is 36.1 Å². The van der Waals surface area contributed by atoms with Crippen molar-refractivity contribution in [3.05, 3.63) is 89.5 Å². The van der Waals surface area contributed by atoms with Crippen LogP contribution in [0.2, 0.25) is 0 Å². The molecule has 0 saturated heterocycles. The average molecular weight is 393 g/mol. The molecule has 3 aromatic carbocycles. The highest BCUT2D eigenvalue weighted by Crippen LogP contribution is 2.27. The molecule has 1 atom stereocenters. The third-order valence-electron chi connectivity index (χ3n) is 4.43. The summed E-state index contributed by atoms with van der Waals surface area (Å²) in [5, 5.41) is 2.58. The van der Waals surface area contributed by atoms with Gasteiger partial charge in [0.25, 0.3) is 0 Å². The lowest BCUT2D eigenvalue weighted by Crippen LogP contribution is -2.18. The van der Waals surface area contributed by atoms with E-state index in [2.05, 4.69) is 85.7 Å². The zero-order chi connectivity index (χ0) is 19.8. The average Bonchev–Trinajstić information content (AvgIpc) is 2.69. The predicted molar refractivity (Wildman–Crippen MR) is 120 cm³/mol. The van der Waals surface area contributed by atoms with Crippen LogP contribution in [0.5, 0.6) is 5.75 Å². The largest absolute Gasteiger partial charge is 0.467 e. The Morgan fingerprint density at radius 3 is 2.21 bits per heavy atom. The molecule has 3 nitrogen and oxygen atoms in total. The molecule has 3 rings (SSSR count). The van der Waals surface area contributed by atoms with Gasteiger partial charge in [-0.2, -0.15) is 0 Å². The fourth-order valence-electron chi connectivity index (χ4n) is 3.19. The molecule has 0 aliphatic heterocycles. The highest BCUT2D eigenvalue weighted by atomic mass is 31.1. The Morgan fingerprint density at radius 1 is 0.786 bits per heavy atom. The molecule has 0 amide bonds.